The fourth-order valence-corrected chi connectivity index (χ4v) is 4.42. The first-order valence-electron chi connectivity index (χ1n) is 10.5. The molecule has 9 heteroatoms. The summed E-state index contributed by atoms with van der Waals surface area (Å²) in [5, 5.41) is 9.87. The zero-order chi connectivity index (χ0) is 23.5. The van der Waals surface area contributed by atoms with Gasteiger partial charge in [-0.25, -0.2) is 11.5 Å². The van der Waals surface area contributed by atoms with Crippen LogP contribution in [0, 0.1) is 13.5 Å². The third-order valence-electron chi connectivity index (χ3n) is 5.61. The van der Waals surface area contributed by atoms with Crippen LogP contribution in [-0.4, -0.2) is 33.7 Å². The molecule has 1 aliphatic heterocycles. The Morgan fingerprint density at radius 2 is 2.00 bits per heavy atom. The zero-order valence-electron chi connectivity index (χ0n) is 19.1. The predicted molar refractivity (Wildman–Crippen MR) is 134 cm³/mol. The van der Waals surface area contributed by atoms with Gasteiger partial charge >= 0.3 is 0 Å². The van der Waals surface area contributed by atoms with E-state index < -0.39 is 0 Å². The smallest absolute Gasteiger partial charge is 0.225 e. The molecule has 1 aromatic carbocycles. The maximum absolute atomic E-state index is 12.5. The SMILES string of the molecule is C=C1C(c2ccc(C[CH-]NC(=O)C3=C(Cl)CCC=C3Cl)cc2)=C(n2ccnc2C)C=NN1C.[Y]. The third-order valence-corrected chi connectivity index (χ3v) is 6.33. The minimum atomic E-state index is -0.288. The van der Waals surface area contributed by atoms with Gasteiger partial charge in [-0.1, -0.05) is 65.7 Å². The van der Waals surface area contributed by atoms with Gasteiger partial charge in [0.2, 0.25) is 5.91 Å². The van der Waals surface area contributed by atoms with Gasteiger partial charge in [-0.2, -0.15) is 5.10 Å². The quantitative estimate of drug-likeness (QED) is 0.484. The second-order valence-electron chi connectivity index (χ2n) is 7.77. The minimum Gasteiger partial charge on any atom is -0.501 e. The van der Waals surface area contributed by atoms with Gasteiger partial charge in [0.15, 0.2) is 0 Å². The minimum absolute atomic E-state index is 0. The van der Waals surface area contributed by atoms with Crippen LogP contribution in [-0.2, 0) is 43.9 Å². The maximum Gasteiger partial charge on any atom is 0.225 e. The van der Waals surface area contributed by atoms with Crippen molar-refractivity contribution in [3.8, 4) is 0 Å². The number of nitrogens with zero attached hydrogens (tertiary/aromatic N) is 4. The average Bonchev–Trinajstić information content (AvgIpc) is 3.22. The number of carbonyl (C=O) groups excluding carboxylic acids is 1. The molecule has 173 valence electrons. The molecule has 1 aromatic heterocycles. The van der Waals surface area contributed by atoms with E-state index >= 15 is 0 Å². The van der Waals surface area contributed by atoms with Crippen LogP contribution in [0.2, 0.25) is 0 Å². The van der Waals surface area contributed by atoms with E-state index in [1.807, 2.05) is 61.3 Å². The fourth-order valence-electron chi connectivity index (χ4n) is 3.77. The number of allylic oxidation sites excluding steroid dienone is 4. The van der Waals surface area contributed by atoms with E-state index in [1.165, 1.54) is 0 Å². The number of rotatable bonds is 6. The van der Waals surface area contributed by atoms with Crippen LogP contribution in [0.15, 0.2) is 75.8 Å². The van der Waals surface area contributed by atoms with Crippen molar-refractivity contribution in [2.24, 2.45) is 5.10 Å². The Kier molecular flexibility index (Phi) is 9.10. The first kappa shape index (κ1) is 26.6. The molecule has 2 aliphatic rings. The van der Waals surface area contributed by atoms with Gasteiger partial charge in [-0.05, 0) is 25.3 Å². The molecule has 0 spiro atoms. The summed E-state index contributed by atoms with van der Waals surface area (Å²) in [6.07, 6.45) is 9.25. The van der Waals surface area contributed by atoms with E-state index in [0.717, 1.165) is 40.3 Å². The number of halogens is 2. The van der Waals surface area contributed by atoms with Gasteiger partial charge in [-0.3, -0.25) is 9.80 Å². The molecule has 1 aliphatic carbocycles. The van der Waals surface area contributed by atoms with Crippen LogP contribution in [0.1, 0.15) is 29.8 Å². The van der Waals surface area contributed by atoms with Crippen LogP contribution < -0.4 is 5.32 Å². The van der Waals surface area contributed by atoms with E-state index in [0.29, 0.717) is 28.5 Å². The predicted octanol–water partition coefficient (Wildman–Crippen LogP) is 5.23. The van der Waals surface area contributed by atoms with Crippen molar-refractivity contribution in [3.05, 3.63) is 94.1 Å². The monoisotopic (exact) mass is 569 g/mol. The molecule has 1 N–H and O–H groups in total. The van der Waals surface area contributed by atoms with Crippen LogP contribution in [0.5, 0.6) is 0 Å². The Morgan fingerprint density at radius 1 is 1.26 bits per heavy atom. The van der Waals surface area contributed by atoms with E-state index in [4.69, 9.17) is 23.2 Å². The molecule has 2 aromatic rings. The normalized spacial score (nSPS) is 15.9. The summed E-state index contributed by atoms with van der Waals surface area (Å²) < 4.78 is 2.00. The number of benzene rings is 1. The van der Waals surface area contributed by atoms with Crippen LogP contribution in [0.3, 0.4) is 0 Å². The van der Waals surface area contributed by atoms with E-state index in [2.05, 4.69) is 22.0 Å². The van der Waals surface area contributed by atoms with Gasteiger partial charge in [0, 0.05) is 62.8 Å². The number of hydrogen-bond donors (Lipinski definition) is 1. The van der Waals surface area contributed by atoms with Crippen molar-refractivity contribution in [2.45, 2.75) is 26.2 Å². The summed E-state index contributed by atoms with van der Waals surface area (Å²) in [5.41, 5.74) is 5.13. The summed E-state index contributed by atoms with van der Waals surface area (Å²) in [4.78, 5) is 16.8. The van der Waals surface area contributed by atoms with Gasteiger partial charge < -0.3 is 9.88 Å². The number of aryl methyl sites for hydroxylation is 1. The third kappa shape index (κ3) is 5.63. The topological polar surface area (TPSA) is 62.5 Å². The molecule has 0 atom stereocenters. The Morgan fingerprint density at radius 3 is 2.65 bits per heavy atom. The van der Waals surface area contributed by atoms with Crippen molar-refractivity contribution >= 4 is 46.6 Å². The summed E-state index contributed by atoms with van der Waals surface area (Å²) in [6, 6.07) is 8.15. The molecule has 6 nitrogen and oxygen atoms in total. The standard InChI is InChI=1S/C25H24Cl2N5O.Y/c1-16-23(22(15-30-31(16)3)32-14-13-28-17(32)2)19-9-7-18(8-10-19)11-12-29-25(33)24-20(26)5-4-6-21(24)27;/h5,7-10,12-15H,1,4,6,11H2,2-3H3,(H,29,33);/q-1;. The molecule has 1 amide bonds. The second-order valence-corrected chi connectivity index (χ2v) is 8.63. The van der Waals surface area contributed by atoms with Gasteiger partial charge in [0.05, 0.1) is 28.2 Å². The molecule has 0 saturated carbocycles. The molecule has 1 radical (unpaired) electrons. The first-order valence-corrected chi connectivity index (χ1v) is 11.3. The molecule has 34 heavy (non-hydrogen) atoms. The van der Waals surface area contributed by atoms with Crippen LogP contribution >= 0.6 is 23.2 Å². The largest absolute Gasteiger partial charge is 0.501 e. The van der Waals surface area contributed by atoms with Gasteiger partial charge in [0.1, 0.15) is 5.82 Å². The van der Waals surface area contributed by atoms with Crippen molar-refractivity contribution in [1.29, 1.82) is 0 Å². The average molecular weight is 570 g/mol. The Bertz CT molecular complexity index is 1220. The van der Waals surface area contributed by atoms with E-state index in [1.54, 1.807) is 17.8 Å². The number of amides is 1. The molecule has 0 unspecified atom stereocenters. The number of nitrogens with one attached hydrogen (secondary N) is 1. The van der Waals surface area contributed by atoms with Crippen LogP contribution in [0.4, 0.5) is 0 Å². The number of carbonyl (C=O) groups is 1. The van der Waals surface area contributed by atoms with Crippen molar-refractivity contribution in [2.75, 3.05) is 7.05 Å². The number of hydrogen-bond acceptors (Lipinski definition) is 4. The molecular formula is C25H24Cl2N5OY-. The number of hydrazone groups is 1. The Balaban J connectivity index is 0.00000324. The van der Waals surface area contributed by atoms with Gasteiger partial charge in [-0.15, -0.1) is 6.42 Å². The molecule has 2 heterocycles. The van der Waals surface area contributed by atoms with Crippen molar-refractivity contribution in [3.63, 3.8) is 0 Å². The molecular weight excluding hydrogens is 546 g/mol. The van der Waals surface area contributed by atoms with Crippen molar-refractivity contribution in [1.82, 2.24) is 19.9 Å². The number of likely N-dealkylation sites (N-methyl/N-ethyl adjacent to an activating group) is 1. The molecule has 0 fully saturated rings. The first-order chi connectivity index (χ1) is 15.9. The number of imidazole rings is 1. The van der Waals surface area contributed by atoms with E-state index in [-0.39, 0.29) is 38.6 Å². The summed E-state index contributed by atoms with van der Waals surface area (Å²) in [6.45, 7) is 7.89. The second kappa shape index (κ2) is 11.6. The van der Waals surface area contributed by atoms with Crippen molar-refractivity contribution < 1.29 is 37.5 Å². The van der Waals surface area contributed by atoms with Crippen LogP contribution in [0.25, 0.3) is 11.3 Å². The maximum atomic E-state index is 12.5. The number of aromatic nitrogens is 2. The van der Waals surface area contributed by atoms with E-state index in [9.17, 15) is 4.79 Å². The molecule has 4 rings (SSSR count). The Hall–Kier alpha value is -1.99. The summed E-state index contributed by atoms with van der Waals surface area (Å²) >= 11 is 12.3. The molecule has 0 bridgehead atoms. The summed E-state index contributed by atoms with van der Waals surface area (Å²) in [5.74, 6) is 0.584. The zero-order valence-corrected chi connectivity index (χ0v) is 23.4. The molecule has 0 saturated heterocycles. The summed E-state index contributed by atoms with van der Waals surface area (Å²) in [7, 11) is 1.87. The van der Waals surface area contributed by atoms with Gasteiger partial charge in [0.25, 0.3) is 0 Å². The Labute approximate surface area is 235 Å². The fraction of sp³-hybridized carbons (Fsp3) is 0.200.